The van der Waals surface area contributed by atoms with Gasteiger partial charge >= 0.3 is 0 Å². The van der Waals surface area contributed by atoms with E-state index in [9.17, 15) is 10.1 Å². The molecule has 0 fully saturated rings. The van der Waals surface area contributed by atoms with Crippen molar-refractivity contribution < 1.29 is 9.66 Å². The number of nitro groups is 1. The summed E-state index contributed by atoms with van der Waals surface area (Å²) in [6.45, 7) is 5.19. The number of hydrogen-bond acceptors (Lipinski definition) is 5. The third-order valence-corrected chi connectivity index (χ3v) is 4.29. The number of nitrogens with one attached hydrogen (secondary N) is 1. The van der Waals surface area contributed by atoms with Crippen molar-refractivity contribution in [2.45, 2.75) is 19.9 Å². The zero-order valence-electron chi connectivity index (χ0n) is 12.6. The van der Waals surface area contributed by atoms with Crippen LogP contribution in [0.3, 0.4) is 0 Å². The van der Waals surface area contributed by atoms with Crippen molar-refractivity contribution in [3.8, 4) is 10.4 Å². The second-order valence-electron chi connectivity index (χ2n) is 4.77. The Morgan fingerprint density at radius 1 is 1.27 bits per heavy atom. The number of para-hydroxylation sites is 1. The van der Waals surface area contributed by atoms with Crippen molar-refractivity contribution in [3.05, 3.63) is 51.4 Å². The Bertz CT molecular complexity index is 613. The van der Waals surface area contributed by atoms with Gasteiger partial charge in [0, 0.05) is 35.6 Å². The summed E-state index contributed by atoms with van der Waals surface area (Å²) in [5, 5.41) is 14.4. The van der Waals surface area contributed by atoms with Crippen LogP contribution >= 0.6 is 11.3 Å². The van der Waals surface area contributed by atoms with Gasteiger partial charge in [0.05, 0.1) is 10.5 Å². The molecule has 0 atom stereocenters. The highest BCUT2D eigenvalue weighted by molar-refractivity contribution is 7.15. The SMILES string of the molecule is CCOCCCNCc1ccc(-c2ccccc2[N+](=O)[O-])s1. The molecule has 0 unspecified atom stereocenters. The van der Waals surface area contributed by atoms with Crippen molar-refractivity contribution in [1.29, 1.82) is 0 Å². The second kappa shape index (κ2) is 8.63. The van der Waals surface area contributed by atoms with Gasteiger partial charge in [-0.1, -0.05) is 12.1 Å². The van der Waals surface area contributed by atoms with Gasteiger partial charge in [0.25, 0.3) is 5.69 Å². The summed E-state index contributed by atoms with van der Waals surface area (Å²) >= 11 is 1.59. The molecule has 0 saturated heterocycles. The molecule has 0 amide bonds. The number of ether oxygens (including phenoxy) is 1. The van der Waals surface area contributed by atoms with Crippen LogP contribution in [0.4, 0.5) is 5.69 Å². The minimum absolute atomic E-state index is 0.153. The maximum absolute atomic E-state index is 11.1. The monoisotopic (exact) mass is 320 g/mol. The molecule has 118 valence electrons. The van der Waals surface area contributed by atoms with Gasteiger partial charge in [0.2, 0.25) is 0 Å². The largest absolute Gasteiger partial charge is 0.382 e. The van der Waals surface area contributed by atoms with Crippen molar-refractivity contribution in [1.82, 2.24) is 5.32 Å². The van der Waals surface area contributed by atoms with E-state index in [0.717, 1.165) is 37.6 Å². The zero-order chi connectivity index (χ0) is 15.8. The molecular weight excluding hydrogens is 300 g/mol. The average molecular weight is 320 g/mol. The number of rotatable bonds is 9. The summed E-state index contributed by atoms with van der Waals surface area (Å²) in [5.74, 6) is 0. The molecule has 2 rings (SSSR count). The zero-order valence-corrected chi connectivity index (χ0v) is 13.4. The smallest absolute Gasteiger partial charge is 0.278 e. The third-order valence-electron chi connectivity index (χ3n) is 3.17. The molecule has 0 bridgehead atoms. The Morgan fingerprint density at radius 3 is 2.86 bits per heavy atom. The van der Waals surface area contributed by atoms with Crippen LogP contribution in [-0.4, -0.2) is 24.7 Å². The van der Waals surface area contributed by atoms with Gasteiger partial charge in [-0.05, 0) is 38.1 Å². The lowest BCUT2D eigenvalue weighted by Gasteiger charge is -2.03. The van der Waals surface area contributed by atoms with Crippen LogP contribution < -0.4 is 5.32 Å². The van der Waals surface area contributed by atoms with E-state index < -0.39 is 0 Å². The van der Waals surface area contributed by atoms with E-state index in [1.54, 1.807) is 29.5 Å². The van der Waals surface area contributed by atoms with E-state index in [0.29, 0.717) is 5.56 Å². The highest BCUT2D eigenvalue weighted by Gasteiger charge is 2.15. The minimum atomic E-state index is -0.333. The fraction of sp³-hybridized carbons (Fsp3) is 0.375. The molecule has 0 aliphatic heterocycles. The number of benzene rings is 1. The quantitative estimate of drug-likeness (QED) is 0.433. The predicted octanol–water partition coefficient (Wildman–Crippen LogP) is 3.84. The molecular formula is C16H20N2O3S. The van der Waals surface area contributed by atoms with Crippen LogP contribution in [-0.2, 0) is 11.3 Å². The first-order valence-corrected chi connectivity index (χ1v) is 8.15. The first-order chi connectivity index (χ1) is 10.7. The van der Waals surface area contributed by atoms with Crippen LogP contribution in [0, 0.1) is 10.1 Å². The van der Waals surface area contributed by atoms with Crippen molar-refractivity contribution in [2.75, 3.05) is 19.8 Å². The molecule has 0 saturated carbocycles. The van der Waals surface area contributed by atoms with E-state index in [1.807, 2.05) is 25.1 Å². The number of hydrogen-bond donors (Lipinski definition) is 1. The Kier molecular flexibility index (Phi) is 6.51. The van der Waals surface area contributed by atoms with E-state index >= 15 is 0 Å². The van der Waals surface area contributed by atoms with E-state index in [1.165, 1.54) is 4.88 Å². The fourth-order valence-electron chi connectivity index (χ4n) is 2.11. The molecule has 22 heavy (non-hydrogen) atoms. The normalized spacial score (nSPS) is 10.8. The molecule has 1 aromatic carbocycles. The topological polar surface area (TPSA) is 64.4 Å². The first-order valence-electron chi connectivity index (χ1n) is 7.33. The third kappa shape index (κ3) is 4.62. The summed E-state index contributed by atoms with van der Waals surface area (Å²) < 4.78 is 5.28. The Balaban J connectivity index is 1.93. The number of nitrogens with zero attached hydrogens (tertiary/aromatic N) is 1. The Labute approximate surface area is 134 Å². The summed E-state index contributed by atoms with van der Waals surface area (Å²) in [6, 6.07) is 10.8. The molecule has 1 N–H and O–H groups in total. The molecule has 0 aliphatic rings. The summed E-state index contributed by atoms with van der Waals surface area (Å²) in [7, 11) is 0. The summed E-state index contributed by atoms with van der Waals surface area (Å²) in [4.78, 5) is 12.9. The first kappa shape index (κ1) is 16.6. The average Bonchev–Trinajstić information content (AvgIpc) is 2.99. The standard InChI is InChI=1S/C16H20N2O3S/c1-2-21-11-5-10-17-12-13-8-9-16(22-13)14-6-3-4-7-15(14)18(19)20/h3-4,6-9,17H,2,5,10-12H2,1H3. The van der Waals surface area contributed by atoms with Crippen molar-refractivity contribution >= 4 is 17.0 Å². The van der Waals surface area contributed by atoms with E-state index in [2.05, 4.69) is 5.32 Å². The molecule has 1 heterocycles. The van der Waals surface area contributed by atoms with Crippen LogP contribution in [0.15, 0.2) is 36.4 Å². The molecule has 6 heteroatoms. The highest BCUT2D eigenvalue weighted by atomic mass is 32.1. The highest BCUT2D eigenvalue weighted by Crippen LogP contribution is 2.34. The fourth-order valence-corrected chi connectivity index (χ4v) is 3.13. The lowest BCUT2D eigenvalue weighted by Crippen LogP contribution is -2.15. The summed E-state index contributed by atoms with van der Waals surface area (Å²) in [6.07, 6.45) is 0.982. The van der Waals surface area contributed by atoms with Crippen molar-refractivity contribution in [3.63, 3.8) is 0 Å². The summed E-state index contributed by atoms with van der Waals surface area (Å²) in [5.41, 5.74) is 0.834. The van der Waals surface area contributed by atoms with Crippen LogP contribution in [0.5, 0.6) is 0 Å². The van der Waals surface area contributed by atoms with Gasteiger partial charge in [-0.3, -0.25) is 10.1 Å². The van der Waals surface area contributed by atoms with Gasteiger partial charge in [0.15, 0.2) is 0 Å². The van der Waals surface area contributed by atoms with Gasteiger partial charge in [0.1, 0.15) is 0 Å². The van der Waals surface area contributed by atoms with Gasteiger partial charge in [-0.15, -0.1) is 11.3 Å². The molecule has 2 aromatic rings. The lowest BCUT2D eigenvalue weighted by atomic mass is 10.1. The lowest BCUT2D eigenvalue weighted by molar-refractivity contribution is -0.384. The second-order valence-corrected chi connectivity index (χ2v) is 5.94. The molecule has 5 nitrogen and oxygen atoms in total. The molecule has 0 spiro atoms. The molecule has 0 aliphatic carbocycles. The van der Waals surface area contributed by atoms with E-state index in [-0.39, 0.29) is 10.6 Å². The maximum atomic E-state index is 11.1. The van der Waals surface area contributed by atoms with Gasteiger partial charge < -0.3 is 10.1 Å². The molecule has 0 radical (unpaired) electrons. The van der Waals surface area contributed by atoms with Gasteiger partial charge in [-0.25, -0.2) is 0 Å². The van der Waals surface area contributed by atoms with Gasteiger partial charge in [-0.2, -0.15) is 0 Å². The maximum Gasteiger partial charge on any atom is 0.278 e. The predicted molar refractivity (Wildman–Crippen MR) is 89.2 cm³/mol. The van der Waals surface area contributed by atoms with Crippen LogP contribution in [0.2, 0.25) is 0 Å². The van der Waals surface area contributed by atoms with Crippen molar-refractivity contribution in [2.24, 2.45) is 0 Å². The van der Waals surface area contributed by atoms with Crippen LogP contribution in [0.1, 0.15) is 18.2 Å². The Hall–Kier alpha value is -1.76. The van der Waals surface area contributed by atoms with Crippen LogP contribution in [0.25, 0.3) is 10.4 Å². The van der Waals surface area contributed by atoms with E-state index in [4.69, 9.17) is 4.74 Å². The number of thiophene rings is 1. The molecule has 1 aromatic heterocycles. The number of nitro benzene ring substituents is 1. The minimum Gasteiger partial charge on any atom is -0.382 e. The Morgan fingerprint density at radius 2 is 2.09 bits per heavy atom.